The van der Waals surface area contributed by atoms with Crippen LogP contribution >= 0.6 is 0 Å². The van der Waals surface area contributed by atoms with Crippen LogP contribution in [0.1, 0.15) is 54.9 Å². The number of fused-ring (bicyclic) bond motifs is 3. The molecule has 0 saturated carbocycles. The van der Waals surface area contributed by atoms with E-state index in [2.05, 4.69) is 4.74 Å². The van der Waals surface area contributed by atoms with Gasteiger partial charge in [-0.1, -0.05) is 31.5 Å². The van der Waals surface area contributed by atoms with E-state index in [1.54, 1.807) is 13.8 Å². The zero-order valence-corrected chi connectivity index (χ0v) is 19.1. The van der Waals surface area contributed by atoms with E-state index in [1.165, 1.54) is 6.07 Å². The summed E-state index contributed by atoms with van der Waals surface area (Å²) in [5.74, 6) is -7.64. The fourth-order valence-electron chi connectivity index (χ4n) is 4.27. The summed E-state index contributed by atoms with van der Waals surface area (Å²) in [6, 6.07) is 5.54. The first-order valence-corrected chi connectivity index (χ1v) is 11.1. The van der Waals surface area contributed by atoms with Crippen LogP contribution in [0.2, 0.25) is 0 Å². The highest BCUT2D eigenvalue weighted by atomic mass is 19.3. The number of benzene rings is 3. The molecule has 3 aromatic rings. The molecule has 2 atom stereocenters. The van der Waals surface area contributed by atoms with E-state index in [9.17, 15) is 26.3 Å². The van der Waals surface area contributed by atoms with E-state index < -0.39 is 64.2 Å². The lowest BCUT2D eigenvalue weighted by Crippen LogP contribution is -2.26. The molecule has 1 aliphatic rings. The number of ether oxygens (including phenoxy) is 2. The standard InChI is InChI=1S/C26H20F8O2/c1-3-5-12-6-10-17(23(30)20(12)27)36-26(33,34)15-9-7-13-14-8-11-16(35-4-2)22(29)19(14)25(32)24(31)18(13)21(15)28/h6-11,24-25H,3-5H2,1-2H3. The first-order chi connectivity index (χ1) is 17.0. The summed E-state index contributed by atoms with van der Waals surface area (Å²) < 4.78 is 128. The van der Waals surface area contributed by atoms with Gasteiger partial charge in [0.05, 0.1) is 6.61 Å². The second-order valence-corrected chi connectivity index (χ2v) is 8.18. The molecule has 0 spiro atoms. The highest BCUT2D eigenvalue weighted by Crippen LogP contribution is 2.52. The van der Waals surface area contributed by atoms with Crippen molar-refractivity contribution in [2.24, 2.45) is 0 Å². The third-order valence-corrected chi connectivity index (χ3v) is 5.92. The average molecular weight is 516 g/mol. The summed E-state index contributed by atoms with van der Waals surface area (Å²) in [6.07, 6.45) is -9.53. The molecule has 0 fully saturated rings. The van der Waals surface area contributed by atoms with Crippen molar-refractivity contribution in [1.82, 2.24) is 0 Å². The van der Waals surface area contributed by atoms with Gasteiger partial charge in [-0.15, -0.1) is 0 Å². The Hall–Kier alpha value is -3.30. The Bertz CT molecular complexity index is 1310. The molecule has 0 radical (unpaired) electrons. The van der Waals surface area contributed by atoms with Crippen molar-refractivity contribution < 1.29 is 44.6 Å². The van der Waals surface area contributed by atoms with Gasteiger partial charge in [-0.05, 0) is 48.2 Å². The van der Waals surface area contributed by atoms with Gasteiger partial charge in [0.25, 0.3) is 0 Å². The summed E-state index contributed by atoms with van der Waals surface area (Å²) >= 11 is 0. The molecule has 0 aliphatic heterocycles. The third-order valence-electron chi connectivity index (χ3n) is 5.92. The molecule has 3 aromatic carbocycles. The normalized spacial score (nSPS) is 16.9. The van der Waals surface area contributed by atoms with Gasteiger partial charge < -0.3 is 9.47 Å². The van der Waals surface area contributed by atoms with E-state index in [4.69, 9.17) is 4.74 Å². The minimum Gasteiger partial charge on any atom is -0.491 e. The fourth-order valence-corrected chi connectivity index (χ4v) is 4.27. The maximum absolute atomic E-state index is 15.3. The summed E-state index contributed by atoms with van der Waals surface area (Å²) in [4.78, 5) is 0. The Labute approximate surface area is 201 Å². The highest BCUT2D eigenvalue weighted by molar-refractivity contribution is 5.76. The quantitative estimate of drug-likeness (QED) is 0.294. The van der Waals surface area contributed by atoms with Gasteiger partial charge in [0.15, 0.2) is 35.5 Å². The predicted molar refractivity (Wildman–Crippen MR) is 116 cm³/mol. The molecule has 0 aromatic heterocycles. The van der Waals surface area contributed by atoms with Gasteiger partial charge in [0.2, 0.25) is 5.82 Å². The maximum Gasteiger partial charge on any atom is 0.429 e. The van der Waals surface area contributed by atoms with Gasteiger partial charge in [-0.3, -0.25) is 0 Å². The zero-order valence-electron chi connectivity index (χ0n) is 19.1. The molecular formula is C26H20F8O2. The van der Waals surface area contributed by atoms with Crippen molar-refractivity contribution in [2.75, 3.05) is 6.61 Å². The van der Waals surface area contributed by atoms with Crippen molar-refractivity contribution >= 4 is 0 Å². The molecule has 4 rings (SSSR count). The lowest BCUT2D eigenvalue weighted by Gasteiger charge is -2.29. The first-order valence-electron chi connectivity index (χ1n) is 11.1. The molecule has 0 saturated heterocycles. The molecule has 2 nitrogen and oxygen atoms in total. The second kappa shape index (κ2) is 9.63. The van der Waals surface area contributed by atoms with E-state index in [0.717, 1.165) is 24.3 Å². The maximum atomic E-state index is 15.3. The van der Waals surface area contributed by atoms with E-state index >= 15 is 8.78 Å². The summed E-state index contributed by atoms with van der Waals surface area (Å²) in [5, 5.41) is 0. The van der Waals surface area contributed by atoms with Crippen molar-refractivity contribution in [2.45, 2.75) is 45.1 Å². The largest absolute Gasteiger partial charge is 0.491 e. The van der Waals surface area contributed by atoms with Crippen LogP contribution in [0.15, 0.2) is 36.4 Å². The fraction of sp³-hybridized carbons (Fsp3) is 0.308. The van der Waals surface area contributed by atoms with Crippen molar-refractivity contribution in [1.29, 1.82) is 0 Å². The summed E-state index contributed by atoms with van der Waals surface area (Å²) in [5.41, 5.74) is -3.94. The minimum absolute atomic E-state index is 0.0429. The van der Waals surface area contributed by atoms with E-state index in [-0.39, 0.29) is 35.5 Å². The molecular weight excluding hydrogens is 496 g/mol. The molecule has 36 heavy (non-hydrogen) atoms. The number of halogens is 8. The lowest BCUT2D eigenvalue weighted by atomic mass is 9.81. The highest BCUT2D eigenvalue weighted by Gasteiger charge is 2.45. The van der Waals surface area contributed by atoms with Gasteiger partial charge in [0.1, 0.15) is 11.4 Å². The van der Waals surface area contributed by atoms with Gasteiger partial charge in [0, 0.05) is 11.1 Å². The molecule has 0 amide bonds. The van der Waals surface area contributed by atoms with Crippen molar-refractivity contribution in [3.05, 3.63) is 81.9 Å². The minimum atomic E-state index is -4.59. The number of rotatable bonds is 7. The van der Waals surface area contributed by atoms with Crippen molar-refractivity contribution in [3.8, 4) is 22.6 Å². The number of aryl methyl sites for hydroxylation is 1. The number of hydrogen-bond donors (Lipinski definition) is 0. The zero-order chi connectivity index (χ0) is 26.4. The Kier molecular flexibility index (Phi) is 6.90. The van der Waals surface area contributed by atoms with Crippen LogP contribution in [-0.4, -0.2) is 6.61 Å². The van der Waals surface area contributed by atoms with Crippen LogP contribution in [-0.2, 0) is 12.5 Å². The molecule has 2 unspecified atom stereocenters. The molecule has 10 heteroatoms. The Balaban J connectivity index is 1.78. The predicted octanol–water partition coefficient (Wildman–Crippen LogP) is 8.42. The van der Waals surface area contributed by atoms with E-state index in [1.807, 2.05) is 0 Å². The van der Waals surface area contributed by atoms with Gasteiger partial charge >= 0.3 is 6.11 Å². The third kappa shape index (κ3) is 4.16. The SMILES string of the molecule is CCCc1ccc(OC(F)(F)c2ccc3c(c2F)C(F)C(F)c2c-3ccc(OCC)c2F)c(F)c1F. The van der Waals surface area contributed by atoms with Gasteiger partial charge in [-0.25, -0.2) is 22.0 Å². The van der Waals surface area contributed by atoms with Crippen molar-refractivity contribution in [3.63, 3.8) is 0 Å². The first kappa shape index (κ1) is 25.8. The Morgan fingerprint density at radius 2 is 1.31 bits per heavy atom. The van der Waals surface area contributed by atoms with Crippen LogP contribution in [0, 0.1) is 23.3 Å². The Morgan fingerprint density at radius 3 is 1.92 bits per heavy atom. The van der Waals surface area contributed by atoms with Crippen LogP contribution in [0.25, 0.3) is 11.1 Å². The monoisotopic (exact) mass is 516 g/mol. The van der Waals surface area contributed by atoms with Gasteiger partial charge in [-0.2, -0.15) is 13.2 Å². The Morgan fingerprint density at radius 1 is 0.722 bits per heavy atom. The van der Waals surface area contributed by atoms with Crippen LogP contribution in [0.3, 0.4) is 0 Å². The number of hydrogen-bond acceptors (Lipinski definition) is 2. The smallest absolute Gasteiger partial charge is 0.429 e. The molecule has 192 valence electrons. The number of alkyl halides is 4. The molecule has 1 aliphatic carbocycles. The molecule has 0 bridgehead atoms. The van der Waals surface area contributed by atoms with Crippen LogP contribution < -0.4 is 9.47 Å². The van der Waals surface area contributed by atoms with E-state index in [0.29, 0.717) is 12.5 Å². The van der Waals surface area contributed by atoms with Crippen LogP contribution in [0.4, 0.5) is 35.1 Å². The summed E-state index contributed by atoms with van der Waals surface area (Å²) in [6.45, 7) is 3.30. The average Bonchev–Trinajstić information content (AvgIpc) is 2.83. The van der Waals surface area contributed by atoms with Crippen LogP contribution in [0.5, 0.6) is 11.5 Å². The second-order valence-electron chi connectivity index (χ2n) is 8.18. The molecule has 0 N–H and O–H groups in total. The topological polar surface area (TPSA) is 18.5 Å². The lowest BCUT2D eigenvalue weighted by molar-refractivity contribution is -0.189. The summed E-state index contributed by atoms with van der Waals surface area (Å²) in [7, 11) is 0. The molecule has 0 heterocycles.